The van der Waals surface area contributed by atoms with Crippen LogP contribution in [0.4, 0.5) is 11.5 Å². The molecular weight excluding hydrogens is 360 g/mol. The molecule has 0 saturated carbocycles. The predicted molar refractivity (Wildman–Crippen MR) is 110 cm³/mol. The summed E-state index contributed by atoms with van der Waals surface area (Å²) in [5.74, 6) is 0.716. The number of nitrogens with one attached hydrogen (secondary N) is 1. The van der Waals surface area contributed by atoms with E-state index in [9.17, 15) is 5.11 Å². The third-order valence-corrected chi connectivity index (χ3v) is 5.78. The Morgan fingerprint density at radius 2 is 2.15 bits per heavy atom. The Hall–Kier alpha value is -2.21. The smallest absolute Gasteiger partial charge is 0.156 e. The summed E-state index contributed by atoms with van der Waals surface area (Å²) in [6.45, 7) is 5.78. The van der Waals surface area contributed by atoms with Crippen molar-refractivity contribution in [3.05, 3.63) is 58.9 Å². The molecule has 1 aliphatic heterocycles. The Labute approximate surface area is 164 Å². The number of anilines is 2. The molecule has 0 spiro atoms. The van der Waals surface area contributed by atoms with Crippen molar-refractivity contribution in [1.29, 1.82) is 0 Å². The number of aliphatic hydroxyl groups is 1. The molecule has 4 rings (SSSR count). The number of halogens is 1. The molecule has 0 radical (unpaired) electrons. The number of benzene rings is 1. The molecule has 140 valence electrons. The molecule has 1 aliphatic rings. The lowest BCUT2D eigenvalue weighted by Crippen LogP contribution is -2.25. The number of β-amino-alcohol motifs (C(OH)–C–C–N with tert-alkyl or cyclic N) is 1. The van der Waals surface area contributed by atoms with Crippen molar-refractivity contribution < 1.29 is 5.11 Å². The third-order valence-electron chi connectivity index (χ3n) is 5.37. The lowest BCUT2D eigenvalue weighted by atomic mass is 10.1. The Morgan fingerprint density at radius 3 is 2.93 bits per heavy atom. The van der Waals surface area contributed by atoms with Crippen molar-refractivity contribution in [3.8, 4) is 0 Å². The van der Waals surface area contributed by atoms with Crippen LogP contribution in [0, 0.1) is 6.92 Å². The van der Waals surface area contributed by atoms with Crippen molar-refractivity contribution in [1.82, 2.24) is 14.9 Å². The Bertz CT molecular complexity index is 978. The highest BCUT2D eigenvalue weighted by atomic mass is 35.5. The van der Waals surface area contributed by atoms with Gasteiger partial charge in [0.25, 0.3) is 0 Å². The molecule has 2 N–H and O–H groups in total. The first-order chi connectivity index (χ1) is 13.0. The number of rotatable bonds is 4. The van der Waals surface area contributed by atoms with Crippen LogP contribution in [0.2, 0.25) is 5.02 Å². The predicted octanol–water partition coefficient (Wildman–Crippen LogP) is 4.46. The summed E-state index contributed by atoms with van der Waals surface area (Å²) in [6.07, 6.45) is 4.32. The molecule has 3 heterocycles. The maximum absolute atomic E-state index is 9.80. The molecule has 27 heavy (non-hydrogen) atoms. The van der Waals surface area contributed by atoms with E-state index in [1.165, 1.54) is 0 Å². The van der Waals surface area contributed by atoms with E-state index in [-0.39, 0.29) is 12.1 Å². The van der Waals surface area contributed by atoms with Crippen LogP contribution in [0.1, 0.15) is 30.5 Å². The van der Waals surface area contributed by atoms with Gasteiger partial charge in [-0.15, -0.1) is 0 Å². The zero-order chi connectivity index (χ0) is 19.0. The minimum atomic E-state index is -0.221. The minimum Gasteiger partial charge on any atom is -0.392 e. The van der Waals surface area contributed by atoms with Crippen LogP contribution in [0.5, 0.6) is 0 Å². The zero-order valence-electron chi connectivity index (χ0n) is 15.5. The average molecular weight is 383 g/mol. The lowest BCUT2D eigenvalue weighted by Gasteiger charge is -2.24. The fraction of sp³-hybridized carbons (Fsp3) is 0.333. The highest BCUT2D eigenvalue weighted by Gasteiger charge is 2.25. The number of hydrogen-bond donors (Lipinski definition) is 2. The molecular formula is C21H23ClN4O. The first kappa shape index (κ1) is 18.2. The van der Waals surface area contributed by atoms with Gasteiger partial charge in [0.05, 0.1) is 6.10 Å². The lowest BCUT2D eigenvalue weighted by molar-refractivity contribution is 0.163. The van der Waals surface area contributed by atoms with Gasteiger partial charge >= 0.3 is 0 Å². The van der Waals surface area contributed by atoms with E-state index >= 15 is 0 Å². The second-order valence-corrected chi connectivity index (χ2v) is 7.56. The number of fused-ring (bicyclic) bond motifs is 1. The molecule has 6 heteroatoms. The molecule has 3 aromatic rings. The second-order valence-electron chi connectivity index (χ2n) is 7.15. The van der Waals surface area contributed by atoms with Crippen LogP contribution < -0.4 is 5.32 Å². The summed E-state index contributed by atoms with van der Waals surface area (Å²) >= 11 is 6.23. The number of likely N-dealkylation sites (tertiary alicyclic amines) is 1. The van der Waals surface area contributed by atoms with E-state index in [4.69, 9.17) is 16.6 Å². The first-order valence-corrected chi connectivity index (χ1v) is 9.59. The molecule has 0 amide bonds. The quantitative estimate of drug-likeness (QED) is 0.697. The van der Waals surface area contributed by atoms with Crippen LogP contribution in [-0.4, -0.2) is 39.2 Å². The molecule has 1 unspecified atom stereocenters. The number of aromatic nitrogens is 2. The van der Waals surface area contributed by atoms with Crippen LogP contribution in [0.25, 0.3) is 10.9 Å². The van der Waals surface area contributed by atoms with E-state index in [1.54, 1.807) is 6.20 Å². The Balaban J connectivity index is 1.65. The van der Waals surface area contributed by atoms with Gasteiger partial charge in [0, 0.05) is 47.6 Å². The Morgan fingerprint density at radius 1 is 1.30 bits per heavy atom. The molecule has 2 atom stereocenters. The van der Waals surface area contributed by atoms with Crippen molar-refractivity contribution in [2.45, 2.75) is 32.4 Å². The van der Waals surface area contributed by atoms with E-state index in [2.05, 4.69) is 28.2 Å². The van der Waals surface area contributed by atoms with Crippen LogP contribution in [0.15, 0.2) is 42.7 Å². The fourth-order valence-corrected chi connectivity index (χ4v) is 3.77. The molecule has 0 aliphatic carbocycles. The van der Waals surface area contributed by atoms with Gasteiger partial charge in [-0.2, -0.15) is 0 Å². The highest BCUT2D eigenvalue weighted by molar-refractivity contribution is 6.31. The summed E-state index contributed by atoms with van der Waals surface area (Å²) in [5, 5.41) is 14.9. The maximum atomic E-state index is 9.80. The summed E-state index contributed by atoms with van der Waals surface area (Å²) < 4.78 is 0. The number of aliphatic hydroxyl groups excluding tert-OH is 1. The molecule has 2 aromatic heterocycles. The van der Waals surface area contributed by atoms with Crippen LogP contribution in [0.3, 0.4) is 0 Å². The SMILES string of the molecule is Cc1c(Cl)cccc1Nc1nccc2cc(C(C)N3CC[C@@H](O)C3)cnc12. The maximum Gasteiger partial charge on any atom is 0.156 e. The average Bonchev–Trinajstić information content (AvgIpc) is 3.11. The summed E-state index contributed by atoms with van der Waals surface area (Å²) in [6, 6.07) is 10.1. The number of hydrogen-bond acceptors (Lipinski definition) is 5. The van der Waals surface area contributed by atoms with Gasteiger partial charge in [0.1, 0.15) is 5.52 Å². The van der Waals surface area contributed by atoms with E-state index in [0.29, 0.717) is 5.82 Å². The van der Waals surface area contributed by atoms with Crippen molar-refractivity contribution in [3.63, 3.8) is 0 Å². The van der Waals surface area contributed by atoms with Crippen LogP contribution in [-0.2, 0) is 0 Å². The Kier molecular flexibility index (Phi) is 5.00. The van der Waals surface area contributed by atoms with Crippen molar-refractivity contribution in [2.24, 2.45) is 0 Å². The van der Waals surface area contributed by atoms with Crippen molar-refractivity contribution >= 4 is 34.0 Å². The number of nitrogens with zero attached hydrogens (tertiary/aromatic N) is 3. The molecule has 1 saturated heterocycles. The van der Waals surface area contributed by atoms with Crippen LogP contribution >= 0.6 is 11.6 Å². The van der Waals surface area contributed by atoms with Crippen molar-refractivity contribution in [2.75, 3.05) is 18.4 Å². The number of pyridine rings is 2. The zero-order valence-corrected chi connectivity index (χ0v) is 16.2. The van der Waals surface area contributed by atoms with Gasteiger partial charge < -0.3 is 10.4 Å². The first-order valence-electron chi connectivity index (χ1n) is 9.22. The van der Waals surface area contributed by atoms with Gasteiger partial charge in [0.2, 0.25) is 0 Å². The topological polar surface area (TPSA) is 61.3 Å². The van der Waals surface area contributed by atoms with E-state index in [1.807, 2.05) is 37.4 Å². The summed E-state index contributed by atoms with van der Waals surface area (Å²) in [7, 11) is 0. The van der Waals surface area contributed by atoms with Gasteiger partial charge in [-0.05, 0) is 55.7 Å². The van der Waals surface area contributed by atoms with Gasteiger partial charge in [-0.1, -0.05) is 17.7 Å². The monoisotopic (exact) mass is 382 g/mol. The van der Waals surface area contributed by atoms with Gasteiger partial charge in [-0.3, -0.25) is 9.88 Å². The second kappa shape index (κ2) is 7.43. The largest absolute Gasteiger partial charge is 0.392 e. The molecule has 1 aromatic carbocycles. The van der Waals surface area contributed by atoms with Gasteiger partial charge in [0.15, 0.2) is 5.82 Å². The molecule has 5 nitrogen and oxygen atoms in total. The minimum absolute atomic E-state index is 0.221. The van der Waals surface area contributed by atoms with E-state index in [0.717, 1.165) is 52.3 Å². The van der Waals surface area contributed by atoms with E-state index < -0.39 is 0 Å². The normalized spacial score (nSPS) is 18.7. The highest BCUT2D eigenvalue weighted by Crippen LogP contribution is 2.30. The standard InChI is InChI=1S/C21H23ClN4O/c1-13-18(22)4-3-5-19(13)25-21-20-15(6-8-23-21)10-16(11-24-20)14(2)26-9-7-17(27)12-26/h3-6,8,10-11,14,17,27H,7,9,12H2,1-2H3,(H,23,25)/t14?,17-/m1/s1. The summed E-state index contributed by atoms with van der Waals surface area (Å²) in [5.41, 5.74) is 3.88. The summed E-state index contributed by atoms with van der Waals surface area (Å²) in [4.78, 5) is 11.5. The fourth-order valence-electron chi connectivity index (χ4n) is 3.60. The third kappa shape index (κ3) is 3.63. The molecule has 0 bridgehead atoms. The van der Waals surface area contributed by atoms with Gasteiger partial charge in [-0.25, -0.2) is 4.98 Å². The molecule has 1 fully saturated rings.